The minimum atomic E-state index is -1.31. The first kappa shape index (κ1) is 19.3. The Morgan fingerprint density at radius 2 is 1.93 bits per heavy atom. The van der Waals surface area contributed by atoms with Crippen molar-refractivity contribution in [3.05, 3.63) is 69.1 Å². The minimum Gasteiger partial charge on any atom is -0.497 e. The van der Waals surface area contributed by atoms with E-state index in [0.29, 0.717) is 27.4 Å². The second-order valence-electron chi connectivity index (χ2n) is 5.76. The molecule has 0 aliphatic rings. The molecule has 1 atom stereocenters. The summed E-state index contributed by atoms with van der Waals surface area (Å²) in [6, 6.07) is 11.4. The smallest absolute Gasteiger partial charge is 0.276 e. The van der Waals surface area contributed by atoms with E-state index in [4.69, 9.17) is 27.8 Å². The lowest BCUT2D eigenvalue weighted by atomic mass is 10.0. The highest BCUT2D eigenvalue weighted by Crippen LogP contribution is 2.22. The fraction of sp³-hybridized carbons (Fsp3) is 0.111. The lowest BCUT2D eigenvalue weighted by Crippen LogP contribution is -2.26. The van der Waals surface area contributed by atoms with Gasteiger partial charge in [0.25, 0.3) is 5.56 Å². The zero-order chi connectivity index (χ0) is 20.3. The standard InChI is InChI=1S/C18H17ClN6O3/c1-28-11-5-2-9(3-6-11)16(26)14(24-25-18(20)21)15-17(27)23-13-8-10(19)4-7-12(13)22-15/h2-8,16,26H,1H3,(H,23,27)(H4,20,21,25)/b24-14+/t16-/m1/s1. The molecule has 3 rings (SSSR count). The molecule has 0 saturated heterocycles. The van der Waals surface area contributed by atoms with Crippen molar-refractivity contribution in [2.24, 2.45) is 21.7 Å². The van der Waals surface area contributed by atoms with E-state index >= 15 is 0 Å². The van der Waals surface area contributed by atoms with E-state index in [0.717, 1.165) is 0 Å². The van der Waals surface area contributed by atoms with E-state index in [1.807, 2.05) is 0 Å². The maximum absolute atomic E-state index is 12.6. The summed E-state index contributed by atoms with van der Waals surface area (Å²) in [5.41, 5.74) is 11.2. The highest BCUT2D eigenvalue weighted by Gasteiger charge is 2.22. The number of aromatic amines is 1. The molecule has 0 unspecified atom stereocenters. The number of hydrogen-bond acceptors (Lipinski definition) is 6. The number of aliphatic hydroxyl groups is 1. The number of H-pyrrole nitrogens is 1. The molecule has 0 aliphatic carbocycles. The van der Waals surface area contributed by atoms with Crippen LogP contribution in [-0.2, 0) is 0 Å². The van der Waals surface area contributed by atoms with Crippen LogP contribution in [0, 0.1) is 0 Å². The third kappa shape index (κ3) is 4.11. The number of fused-ring (bicyclic) bond motifs is 1. The van der Waals surface area contributed by atoms with E-state index < -0.39 is 11.7 Å². The number of rotatable bonds is 5. The van der Waals surface area contributed by atoms with Gasteiger partial charge in [-0.15, -0.1) is 10.2 Å². The summed E-state index contributed by atoms with van der Waals surface area (Å²) in [5, 5.41) is 18.7. The van der Waals surface area contributed by atoms with Crippen molar-refractivity contribution < 1.29 is 9.84 Å². The summed E-state index contributed by atoms with van der Waals surface area (Å²) in [7, 11) is 1.53. The summed E-state index contributed by atoms with van der Waals surface area (Å²) in [5.74, 6) is 0.278. The lowest BCUT2D eigenvalue weighted by molar-refractivity contribution is 0.247. The normalized spacial score (nSPS) is 12.6. The number of ether oxygens (including phenoxy) is 1. The summed E-state index contributed by atoms with van der Waals surface area (Å²) in [4.78, 5) is 19.6. The number of nitrogens with two attached hydrogens (primary N) is 2. The summed E-state index contributed by atoms with van der Waals surface area (Å²) >= 11 is 5.94. The minimum absolute atomic E-state index is 0.114. The third-order valence-corrected chi connectivity index (χ3v) is 4.10. The van der Waals surface area contributed by atoms with Crippen molar-refractivity contribution in [1.29, 1.82) is 0 Å². The number of aliphatic hydroxyl groups excluding tert-OH is 1. The van der Waals surface area contributed by atoms with Gasteiger partial charge in [0.2, 0.25) is 5.96 Å². The van der Waals surface area contributed by atoms with Crippen molar-refractivity contribution in [3.8, 4) is 5.75 Å². The molecule has 9 nitrogen and oxygen atoms in total. The second kappa shape index (κ2) is 8.07. The largest absolute Gasteiger partial charge is 0.497 e. The Labute approximate surface area is 164 Å². The van der Waals surface area contributed by atoms with Gasteiger partial charge in [0.05, 0.1) is 18.1 Å². The van der Waals surface area contributed by atoms with Gasteiger partial charge in [0.1, 0.15) is 17.6 Å². The highest BCUT2D eigenvalue weighted by molar-refractivity contribution is 6.31. The van der Waals surface area contributed by atoms with Crippen LogP contribution < -0.4 is 21.8 Å². The molecule has 10 heteroatoms. The fourth-order valence-corrected chi connectivity index (χ4v) is 2.69. The Bertz CT molecular complexity index is 1120. The molecule has 6 N–H and O–H groups in total. The Hall–Kier alpha value is -3.43. The molecule has 0 spiro atoms. The van der Waals surface area contributed by atoms with Crippen LogP contribution in [0.15, 0.2) is 57.5 Å². The van der Waals surface area contributed by atoms with Gasteiger partial charge < -0.3 is 26.3 Å². The molecular weight excluding hydrogens is 384 g/mol. The van der Waals surface area contributed by atoms with Gasteiger partial charge in [0.15, 0.2) is 5.69 Å². The topological polar surface area (TPSA) is 152 Å². The van der Waals surface area contributed by atoms with Gasteiger partial charge in [-0.25, -0.2) is 4.98 Å². The quantitative estimate of drug-likeness (QED) is 0.287. The first-order valence-electron chi connectivity index (χ1n) is 8.07. The number of benzene rings is 2. The highest BCUT2D eigenvalue weighted by atomic mass is 35.5. The van der Waals surface area contributed by atoms with Gasteiger partial charge in [-0.3, -0.25) is 4.79 Å². The van der Waals surface area contributed by atoms with Crippen LogP contribution >= 0.6 is 11.6 Å². The van der Waals surface area contributed by atoms with Crippen molar-refractivity contribution in [3.63, 3.8) is 0 Å². The molecule has 1 aromatic heterocycles. The molecule has 0 radical (unpaired) electrons. The van der Waals surface area contributed by atoms with Crippen molar-refractivity contribution in [2.75, 3.05) is 7.11 Å². The number of halogens is 1. The summed E-state index contributed by atoms with van der Waals surface area (Å²) in [6.45, 7) is 0. The number of nitrogens with one attached hydrogen (secondary N) is 1. The van der Waals surface area contributed by atoms with E-state index in [9.17, 15) is 9.90 Å². The maximum atomic E-state index is 12.6. The summed E-state index contributed by atoms with van der Waals surface area (Å²) in [6.07, 6.45) is -1.31. The predicted molar refractivity (Wildman–Crippen MR) is 108 cm³/mol. The van der Waals surface area contributed by atoms with Gasteiger partial charge in [0, 0.05) is 5.02 Å². The van der Waals surface area contributed by atoms with Crippen molar-refractivity contribution >= 4 is 34.3 Å². The predicted octanol–water partition coefficient (Wildman–Crippen LogP) is 1.30. The average molecular weight is 401 g/mol. The zero-order valence-electron chi connectivity index (χ0n) is 14.8. The maximum Gasteiger partial charge on any atom is 0.276 e. The number of hydrogen-bond donors (Lipinski definition) is 4. The van der Waals surface area contributed by atoms with Crippen LogP contribution in [0.5, 0.6) is 5.75 Å². The molecule has 2 aromatic carbocycles. The van der Waals surface area contributed by atoms with E-state index in [1.54, 1.807) is 42.5 Å². The molecule has 0 fully saturated rings. The number of aromatic nitrogens is 2. The first-order valence-corrected chi connectivity index (χ1v) is 8.45. The SMILES string of the molecule is COc1ccc([C@@H](O)/C(=N/N=C(N)N)c2nc3ccc(Cl)cc3[nH]c2=O)cc1. The van der Waals surface area contributed by atoms with E-state index in [2.05, 4.69) is 20.2 Å². The lowest BCUT2D eigenvalue weighted by Gasteiger charge is -2.13. The Morgan fingerprint density at radius 3 is 2.57 bits per heavy atom. The monoisotopic (exact) mass is 400 g/mol. The summed E-state index contributed by atoms with van der Waals surface area (Å²) < 4.78 is 5.11. The molecule has 1 heterocycles. The average Bonchev–Trinajstić information content (AvgIpc) is 2.68. The third-order valence-electron chi connectivity index (χ3n) is 3.86. The Kier molecular flexibility index (Phi) is 5.57. The van der Waals surface area contributed by atoms with Crippen LogP contribution in [0.25, 0.3) is 11.0 Å². The molecular formula is C18H17ClN6O3. The van der Waals surface area contributed by atoms with Gasteiger partial charge in [-0.1, -0.05) is 23.7 Å². The van der Waals surface area contributed by atoms with Crippen LogP contribution in [-0.4, -0.2) is 33.9 Å². The van der Waals surface area contributed by atoms with Crippen LogP contribution in [0.4, 0.5) is 0 Å². The van der Waals surface area contributed by atoms with Gasteiger partial charge >= 0.3 is 0 Å². The molecule has 0 saturated carbocycles. The Balaban J connectivity index is 2.14. The Morgan fingerprint density at radius 1 is 1.21 bits per heavy atom. The van der Waals surface area contributed by atoms with Gasteiger partial charge in [-0.2, -0.15) is 0 Å². The van der Waals surface area contributed by atoms with Crippen molar-refractivity contribution in [2.45, 2.75) is 6.10 Å². The zero-order valence-corrected chi connectivity index (χ0v) is 15.5. The fourth-order valence-electron chi connectivity index (χ4n) is 2.52. The molecule has 3 aromatic rings. The molecule has 0 bridgehead atoms. The number of nitrogens with zero attached hydrogens (tertiary/aromatic N) is 3. The van der Waals surface area contributed by atoms with E-state index in [1.165, 1.54) is 7.11 Å². The van der Waals surface area contributed by atoms with E-state index in [-0.39, 0.29) is 17.4 Å². The number of methoxy groups -OCH3 is 1. The molecule has 144 valence electrons. The first-order chi connectivity index (χ1) is 13.4. The van der Waals surface area contributed by atoms with Crippen LogP contribution in [0.3, 0.4) is 0 Å². The van der Waals surface area contributed by atoms with Crippen LogP contribution in [0.2, 0.25) is 5.02 Å². The molecule has 28 heavy (non-hydrogen) atoms. The second-order valence-corrected chi connectivity index (χ2v) is 6.20. The molecule has 0 aliphatic heterocycles. The van der Waals surface area contributed by atoms with Crippen LogP contribution in [0.1, 0.15) is 17.4 Å². The van der Waals surface area contributed by atoms with Crippen molar-refractivity contribution in [1.82, 2.24) is 9.97 Å². The molecule has 0 amide bonds. The van der Waals surface area contributed by atoms with Gasteiger partial charge in [-0.05, 0) is 35.9 Å². The number of guanidine groups is 1.